The second-order valence-electron chi connectivity index (χ2n) is 4.79. The standard InChI is InChI=1S/C16H19ClN4O5/c1-3-25-15(26-4-2)10-19-9-11(8-18)16(22)20-14-7-12(21(23)24)5-6-13(14)17/h5-7,9,15,19H,3-4,10H2,1-2H3,(H,20,22)/b11-9-. The molecule has 140 valence electrons. The van der Waals surface area contributed by atoms with Crippen LogP contribution in [-0.2, 0) is 14.3 Å². The Morgan fingerprint density at radius 3 is 2.62 bits per heavy atom. The summed E-state index contributed by atoms with van der Waals surface area (Å²) < 4.78 is 10.7. The molecule has 0 spiro atoms. The van der Waals surface area contributed by atoms with Gasteiger partial charge in [-0.2, -0.15) is 5.26 Å². The molecule has 0 saturated heterocycles. The van der Waals surface area contributed by atoms with Crippen molar-refractivity contribution in [2.75, 3.05) is 25.1 Å². The number of ether oxygens (including phenoxy) is 2. The maximum Gasteiger partial charge on any atom is 0.271 e. The Morgan fingerprint density at radius 1 is 1.42 bits per heavy atom. The molecular weight excluding hydrogens is 364 g/mol. The molecule has 0 fully saturated rings. The van der Waals surface area contributed by atoms with E-state index in [1.165, 1.54) is 18.3 Å². The fourth-order valence-electron chi connectivity index (χ4n) is 1.86. The van der Waals surface area contributed by atoms with Gasteiger partial charge in [0.1, 0.15) is 11.6 Å². The maximum atomic E-state index is 12.2. The molecule has 2 N–H and O–H groups in total. The van der Waals surface area contributed by atoms with E-state index in [1.54, 1.807) is 6.07 Å². The zero-order valence-electron chi connectivity index (χ0n) is 14.3. The van der Waals surface area contributed by atoms with Crippen LogP contribution in [0.4, 0.5) is 11.4 Å². The Morgan fingerprint density at radius 2 is 2.08 bits per heavy atom. The van der Waals surface area contributed by atoms with E-state index in [2.05, 4.69) is 10.6 Å². The first-order valence-electron chi connectivity index (χ1n) is 7.75. The van der Waals surface area contributed by atoms with E-state index in [1.807, 2.05) is 13.8 Å². The lowest BCUT2D eigenvalue weighted by atomic mass is 10.2. The van der Waals surface area contributed by atoms with Crippen LogP contribution in [0.15, 0.2) is 30.0 Å². The second-order valence-corrected chi connectivity index (χ2v) is 5.20. The number of nitriles is 1. The number of halogens is 1. The predicted octanol–water partition coefficient (Wildman–Crippen LogP) is 2.58. The number of non-ortho nitro benzene ring substituents is 1. The summed E-state index contributed by atoms with van der Waals surface area (Å²) in [5.41, 5.74) is -0.436. The van der Waals surface area contributed by atoms with E-state index < -0.39 is 17.1 Å². The highest BCUT2D eigenvalue weighted by Crippen LogP contribution is 2.26. The summed E-state index contributed by atoms with van der Waals surface area (Å²) in [6.45, 7) is 4.77. The molecule has 0 bridgehead atoms. The van der Waals surface area contributed by atoms with Gasteiger partial charge in [0.05, 0.1) is 22.2 Å². The number of anilines is 1. The number of hydrogen-bond acceptors (Lipinski definition) is 7. The van der Waals surface area contributed by atoms with Crippen LogP contribution in [0.3, 0.4) is 0 Å². The van der Waals surface area contributed by atoms with Gasteiger partial charge in [0.2, 0.25) is 0 Å². The highest BCUT2D eigenvalue weighted by atomic mass is 35.5. The number of hydrogen-bond donors (Lipinski definition) is 2. The van der Waals surface area contributed by atoms with Gasteiger partial charge in [-0.1, -0.05) is 11.6 Å². The number of carbonyl (C=O) groups is 1. The summed E-state index contributed by atoms with van der Waals surface area (Å²) in [6.07, 6.45) is 0.696. The Bertz CT molecular complexity index is 711. The highest BCUT2D eigenvalue weighted by Gasteiger charge is 2.15. The molecule has 0 aromatic heterocycles. The topological polar surface area (TPSA) is 127 Å². The molecule has 1 amide bonds. The van der Waals surface area contributed by atoms with Gasteiger partial charge in [-0.25, -0.2) is 0 Å². The molecule has 0 radical (unpaired) electrons. The van der Waals surface area contributed by atoms with Crippen molar-refractivity contribution in [2.24, 2.45) is 0 Å². The molecule has 9 nitrogen and oxygen atoms in total. The quantitative estimate of drug-likeness (QED) is 0.209. The summed E-state index contributed by atoms with van der Waals surface area (Å²) in [5, 5.41) is 25.2. The van der Waals surface area contributed by atoms with Crippen molar-refractivity contribution < 1.29 is 19.2 Å². The number of nitro groups is 1. The van der Waals surface area contributed by atoms with Gasteiger partial charge >= 0.3 is 0 Å². The molecule has 0 unspecified atom stereocenters. The van der Waals surface area contributed by atoms with Crippen molar-refractivity contribution in [3.05, 3.63) is 45.1 Å². The molecule has 0 saturated carbocycles. The van der Waals surface area contributed by atoms with Crippen molar-refractivity contribution in [1.29, 1.82) is 5.26 Å². The van der Waals surface area contributed by atoms with Gasteiger partial charge in [-0.05, 0) is 19.9 Å². The Labute approximate surface area is 155 Å². The van der Waals surface area contributed by atoms with E-state index in [0.717, 1.165) is 6.07 Å². The largest absolute Gasteiger partial charge is 0.385 e. The average molecular weight is 383 g/mol. The van der Waals surface area contributed by atoms with Gasteiger partial charge in [0.25, 0.3) is 11.6 Å². The van der Waals surface area contributed by atoms with Crippen LogP contribution in [0.2, 0.25) is 5.02 Å². The number of nitrogens with zero attached hydrogens (tertiary/aromatic N) is 2. The average Bonchev–Trinajstić information content (AvgIpc) is 2.60. The van der Waals surface area contributed by atoms with E-state index in [9.17, 15) is 14.9 Å². The Kier molecular flexibility index (Phi) is 9.08. The van der Waals surface area contributed by atoms with Crippen molar-refractivity contribution >= 4 is 28.9 Å². The molecular formula is C16H19ClN4O5. The third kappa shape index (κ3) is 6.68. The van der Waals surface area contributed by atoms with Crippen molar-refractivity contribution in [3.63, 3.8) is 0 Å². The van der Waals surface area contributed by atoms with E-state index in [-0.39, 0.29) is 28.5 Å². The van der Waals surface area contributed by atoms with Crippen molar-refractivity contribution in [3.8, 4) is 6.07 Å². The van der Waals surface area contributed by atoms with Crippen LogP contribution < -0.4 is 10.6 Å². The minimum atomic E-state index is -0.758. The number of carbonyl (C=O) groups excluding carboxylic acids is 1. The fraction of sp³-hybridized carbons (Fsp3) is 0.375. The van der Waals surface area contributed by atoms with Gasteiger partial charge in [0.15, 0.2) is 6.29 Å². The van der Waals surface area contributed by atoms with Crippen LogP contribution in [0.1, 0.15) is 13.8 Å². The summed E-state index contributed by atoms with van der Waals surface area (Å²) >= 11 is 5.92. The molecule has 1 rings (SSSR count). The smallest absolute Gasteiger partial charge is 0.271 e. The first kappa shape index (κ1) is 21.4. The Hall–Kier alpha value is -2.67. The third-order valence-electron chi connectivity index (χ3n) is 3.01. The first-order valence-corrected chi connectivity index (χ1v) is 8.12. The third-order valence-corrected chi connectivity index (χ3v) is 3.34. The summed E-state index contributed by atoms with van der Waals surface area (Å²) in [7, 11) is 0. The summed E-state index contributed by atoms with van der Waals surface area (Å²) in [5.74, 6) is -0.758. The minimum Gasteiger partial charge on any atom is -0.385 e. The lowest BCUT2D eigenvalue weighted by Gasteiger charge is -2.16. The molecule has 10 heteroatoms. The number of rotatable bonds is 10. The van der Waals surface area contributed by atoms with Crippen molar-refractivity contribution in [2.45, 2.75) is 20.1 Å². The number of nitrogens with one attached hydrogen (secondary N) is 2. The zero-order valence-corrected chi connectivity index (χ0v) is 15.1. The molecule has 0 aliphatic heterocycles. The van der Waals surface area contributed by atoms with Gasteiger partial charge in [0, 0.05) is 31.5 Å². The minimum absolute atomic E-state index is 0.0357. The van der Waals surface area contributed by atoms with Crippen molar-refractivity contribution in [1.82, 2.24) is 5.32 Å². The maximum absolute atomic E-state index is 12.2. The molecule has 0 heterocycles. The Balaban J connectivity index is 2.79. The highest BCUT2D eigenvalue weighted by molar-refractivity contribution is 6.34. The van der Waals surface area contributed by atoms with Crippen LogP contribution in [0.25, 0.3) is 0 Å². The SMILES string of the molecule is CCOC(CN/C=C(/C#N)C(=O)Nc1cc([N+](=O)[O-])ccc1Cl)OCC. The van der Waals surface area contributed by atoms with Crippen LogP contribution in [0.5, 0.6) is 0 Å². The zero-order chi connectivity index (χ0) is 19.5. The van der Waals surface area contributed by atoms with Gasteiger partial charge < -0.3 is 20.1 Å². The molecule has 0 aliphatic rings. The van der Waals surface area contributed by atoms with Crippen LogP contribution in [0, 0.1) is 21.4 Å². The molecule has 26 heavy (non-hydrogen) atoms. The number of amides is 1. The number of nitro benzene ring substituents is 1. The van der Waals surface area contributed by atoms with Gasteiger partial charge in [-0.15, -0.1) is 0 Å². The lowest BCUT2D eigenvalue weighted by molar-refractivity contribution is -0.384. The predicted molar refractivity (Wildman–Crippen MR) is 95.5 cm³/mol. The second kappa shape index (κ2) is 11.0. The van der Waals surface area contributed by atoms with E-state index >= 15 is 0 Å². The fourth-order valence-corrected chi connectivity index (χ4v) is 2.02. The van der Waals surface area contributed by atoms with Gasteiger partial charge in [-0.3, -0.25) is 14.9 Å². The van der Waals surface area contributed by atoms with E-state index in [4.69, 9.17) is 26.3 Å². The lowest BCUT2D eigenvalue weighted by Crippen LogP contribution is -2.29. The van der Waals surface area contributed by atoms with Crippen LogP contribution in [-0.4, -0.2) is 36.9 Å². The first-order chi connectivity index (χ1) is 12.4. The van der Waals surface area contributed by atoms with Crippen LogP contribution >= 0.6 is 11.6 Å². The number of benzene rings is 1. The monoisotopic (exact) mass is 382 g/mol. The summed E-state index contributed by atoms with van der Waals surface area (Å²) in [4.78, 5) is 22.4. The molecule has 0 aliphatic carbocycles. The normalized spacial score (nSPS) is 11.1. The summed E-state index contributed by atoms with van der Waals surface area (Å²) in [6, 6.07) is 5.36. The molecule has 0 atom stereocenters. The molecule has 1 aromatic rings. The molecule has 1 aromatic carbocycles. The van der Waals surface area contributed by atoms with E-state index in [0.29, 0.717) is 13.2 Å².